The minimum absolute atomic E-state index is 0.181. The van der Waals surface area contributed by atoms with Crippen LogP contribution in [0.5, 0.6) is 0 Å². The Labute approximate surface area is 161 Å². The first-order valence-electron chi connectivity index (χ1n) is 11.1. The molecular formula is C22H43NO3. The Hall–Kier alpha value is -0.420. The number of nitrogens with zero attached hydrogens (tertiary/aromatic N) is 1. The molecule has 4 heteroatoms. The molecule has 0 unspecified atom stereocenters. The van der Waals surface area contributed by atoms with E-state index < -0.39 is 18.3 Å². The Morgan fingerprint density at radius 1 is 0.615 bits per heavy atom. The van der Waals surface area contributed by atoms with Gasteiger partial charge < -0.3 is 15.3 Å². The minimum atomic E-state index is -1.08. The molecule has 0 saturated heterocycles. The van der Waals surface area contributed by atoms with Crippen molar-refractivity contribution in [2.45, 2.75) is 115 Å². The summed E-state index contributed by atoms with van der Waals surface area (Å²) in [5.41, 5.74) is 0. The van der Waals surface area contributed by atoms with Gasteiger partial charge in [-0.25, -0.2) is 0 Å². The van der Waals surface area contributed by atoms with Gasteiger partial charge in [-0.2, -0.15) is 0 Å². The fourth-order valence-corrected chi connectivity index (χ4v) is 3.80. The topological polar surface area (TPSA) is 63.9 Å². The molecule has 26 heavy (non-hydrogen) atoms. The number of aliphatic hydroxyl groups excluding tert-OH is 3. The largest absolute Gasteiger partial charge is 0.388 e. The highest BCUT2D eigenvalue weighted by Crippen LogP contribution is 2.20. The fraction of sp³-hybridized carbons (Fsp3) is 0.909. The van der Waals surface area contributed by atoms with Crippen LogP contribution in [-0.2, 0) is 0 Å². The monoisotopic (exact) mass is 369 g/mol. The first kappa shape index (κ1) is 23.6. The van der Waals surface area contributed by atoms with Gasteiger partial charge >= 0.3 is 0 Å². The van der Waals surface area contributed by atoms with E-state index in [9.17, 15) is 15.3 Å². The molecule has 0 radical (unpaired) electrons. The summed E-state index contributed by atoms with van der Waals surface area (Å²) < 4.78 is 0. The van der Waals surface area contributed by atoms with Gasteiger partial charge in [0.15, 0.2) is 0 Å². The smallest absolute Gasteiger partial charge is 0.111 e. The van der Waals surface area contributed by atoms with Crippen molar-refractivity contribution in [1.29, 1.82) is 0 Å². The van der Waals surface area contributed by atoms with Crippen molar-refractivity contribution in [1.82, 2.24) is 4.90 Å². The molecule has 0 bridgehead atoms. The number of hydrogen-bond donors (Lipinski definition) is 3. The molecule has 0 heterocycles. The van der Waals surface area contributed by atoms with Gasteiger partial charge in [0, 0.05) is 0 Å². The van der Waals surface area contributed by atoms with Crippen molar-refractivity contribution in [3.05, 3.63) is 12.2 Å². The van der Waals surface area contributed by atoms with Crippen molar-refractivity contribution in [2.24, 2.45) is 0 Å². The van der Waals surface area contributed by atoms with Crippen LogP contribution in [0.25, 0.3) is 0 Å². The Bertz CT molecular complexity index is 345. The number of hydrogen-bond acceptors (Lipinski definition) is 4. The molecule has 4 atom stereocenters. The Morgan fingerprint density at radius 3 is 1.58 bits per heavy atom. The van der Waals surface area contributed by atoms with E-state index in [0.717, 1.165) is 25.9 Å². The van der Waals surface area contributed by atoms with Gasteiger partial charge in [-0.05, 0) is 25.9 Å². The van der Waals surface area contributed by atoms with E-state index in [-0.39, 0.29) is 6.04 Å². The average Bonchev–Trinajstić information content (AvgIpc) is 2.64. The molecular weight excluding hydrogens is 326 g/mol. The molecule has 154 valence electrons. The Morgan fingerprint density at radius 2 is 1.08 bits per heavy atom. The van der Waals surface area contributed by atoms with Crippen molar-refractivity contribution >= 4 is 0 Å². The lowest BCUT2D eigenvalue weighted by Gasteiger charge is -2.38. The number of rotatable bonds is 15. The molecule has 0 aromatic heterocycles. The lowest BCUT2D eigenvalue weighted by molar-refractivity contribution is -0.0763. The summed E-state index contributed by atoms with van der Waals surface area (Å²) in [6.07, 6.45) is 15.6. The highest BCUT2D eigenvalue weighted by Gasteiger charge is 2.35. The van der Waals surface area contributed by atoms with E-state index in [2.05, 4.69) is 18.7 Å². The van der Waals surface area contributed by atoms with E-state index >= 15 is 0 Å². The summed E-state index contributed by atoms with van der Waals surface area (Å²) in [6.45, 7) is 6.38. The Kier molecular flexibility index (Phi) is 13.3. The molecule has 4 nitrogen and oxygen atoms in total. The zero-order chi connectivity index (χ0) is 19.2. The molecule has 0 aliphatic heterocycles. The maximum Gasteiger partial charge on any atom is 0.111 e. The van der Waals surface area contributed by atoms with Gasteiger partial charge in [0.1, 0.15) is 18.3 Å². The molecule has 0 aromatic rings. The van der Waals surface area contributed by atoms with E-state index in [0.29, 0.717) is 0 Å². The highest BCUT2D eigenvalue weighted by atomic mass is 16.4. The molecule has 0 fully saturated rings. The van der Waals surface area contributed by atoms with Crippen molar-refractivity contribution < 1.29 is 15.3 Å². The normalized spacial score (nSPS) is 25.9. The van der Waals surface area contributed by atoms with Gasteiger partial charge in [-0.15, -0.1) is 0 Å². The highest BCUT2D eigenvalue weighted by molar-refractivity contribution is 5.11. The second-order valence-electron chi connectivity index (χ2n) is 7.92. The summed E-state index contributed by atoms with van der Waals surface area (Å²) in [6, 6.07) is -0.181. The standard InChI is InChI=1S/C22H43NO3/c1-3-5-7-9-11-13-17-23(18-14-12-10-8-6-4-2)19-15-16-20(24)22(26)21(19)25/h15-16,19-22,24-26H,3-14,17-18H2,1-2H3/t19-,20-,21+,22+/m1/s1. The third-order valence-corrected chi connectivity index (χ3v) is 5.57. The van der Waals surface area contributed by atoms with Crippen LogP contribution in [-0.4, -0.2) is 57.7 Å². The predicted molar refractivity (Wildman–Crippen MR) is 109 cm³/mol. The van der Waals surface area contributed by atoms with Gasteiger partial charge in [0.2, 0.25) is 0 Å². The maximum absolute atomic E-state index is 10.4. The van der Waals surface area contributed by atoms with Crippen LogP contribution in [0.4, 0.5) is 0 Å². The van der Waals surface area contributed by atoms with E-state index in [1.54, 1.807) is 6.08 Å². The lowest BCUT2D eigenvalue weighted by Crippen LogP contribution is -2.53. The van der Waals surface area contributed by atoms with Gasteiger partial charge in [0.25, 0.3) is 0 Å². The van der Waals surface area contributed by atoms with Crippen LogP contribution in [0.1, 0.15) is 90.9 Å². The minimum Gasteiger partial charge on any atom is -0.388 e. The molecule has 0 aromatic carbocycles. The molecule has 0 amide bonds. The zero-order valence-electron chi connectivity index (χ0n) is 17.2. The maximum atomic E-state index is 10.4. The summed E-state index contributed by atoms with van der Waals surface area (Å²) in [5.74, 6) is 0. The first-order chi connectivity index (χ1) is 12.6. The van der Waals surface area contributed by atoms with E-state index in [4.69, 9.17) is 0 Å². The van der Waals surface area contributed by atoms with Crippen LogP contribution in [0.2, 0.25) is 0 Å². The molecule has 0 saturated carbocycles. The quantitative estimate of drug-likeness (QED) is 0.301. The molecule has 1 aliphatic rings. The third-order valence-electron chi connectivity index (χ3n) is 5.57. The SMILES string of the molecule is CCCCCCCCN(CCCCCCCC)[C@@H]1C=C[C@@H](O)[C@H](O)[C@H]1O. The van der Waals surface area contributed by atoms with Gasteiger partial charge in [0.05, 0.1) is 6.04 Å². The number of unbranched alkanes of at least 4 members (excludes halogenated alkanes) is 10. The van der Waals surface area contributed by atoms with Crippen LogP contribution in [0.3, 0.4) is 0 Å². The fourth-order valence-electron chi connectivity index (χ4n) is 3.80. The second kappa shape index (κ2) is 14.6. The van der Waals surface area contributed by atoms with Crippen LogP contribution in [0, 0.1) is 0 Å². The van der Waals surface area contributed by atoms with Crippen molar-refractivity contribution in [3.63, 3.8) is 0 Å². The first-order valence-corrected chi connectivity index (χ1v) is 11.1. The Balaban J connectivity index is 2.45. The van der Waals surface area contributed by atoms with Crippen LogP contribution < -0.4 is 0 Å². The molecule has 1 aliphatic carbocycles. The molecule has 3 N–H and O–H groups in total. The van der Waals surface area contributed by atoms with Gasteiger partial charge in [-0.3, -0.25) is 4.90 Å². The lowest BCUT2D eigenvalue weighted by atomic mass is 9.92. The van der Waals surface area contributed by atoms with Crippen molar-refractivity contribution in [2.75, 3.05) is 13.1 Å². The van der Waals surface area contributed by atoms with Crippen molar-refractivity contribution in [3.8, 4) is 0 Å². The van der Waals surface area contributed by atoms with Crippen LogP contribution in [0.15, 0.2) is 12.2 Å². The summed E-state index contributed by atoms with van der Waals surface area (Å²) in [7, 11) is 0. The summed E-state index contributed by atoms with van der Waals surface area (Å²) in [4.78, 5) is 2.32. The second-order valence-corrected chi connectivity index (χ2v) is 7.92. The van der Waals surface area contributed by atoms with E-state index in [1.807, 2.05) is 6.08 Å². The van der Waals surface area contributed by atoms with E-state index in [1.165, 1.54) is 64.2 Å². The van der Waals surface area contributed by atoms with Crippen LogP contribution >= 0.6 is 0 Å². The third kappa shape index (κ3) is 8.98. The average molecular weight is 370 g/mol. The summed E-state index contributed by atoms with van der Waals surface area (Å²) >= 11 is 0. The predicted octanol–water partition coefficient (Wildman–Crippen LogP) is 4.03. The zero-order valence-corrected chi connectivity index (χ0v) is 17.2. The molecule has 1 rings (SSSR count). The van der Waals surface area contributed by atoms with Gasteiger partial charge in [-0.1, -0.05) is 90.2 Å². The number of aliphatic hydroxyl groups is 3. The molecule has 0 spiro atoms. The summed E-state index contributed by atoms with van der Waals surface area (Å²) in [5, 5.41) is 30.2.